The summed E-state index contributed by atoms with van der Waals surface area (Å²) < 4.78 is 7.71. The number of amides is 2. The van der Waals surface area contributed by atoms with E-state index in [-0.39, 0.29) is 17.7 Å². The first-order valence-corrected chi connectivity index (χ1v) is 13.1. The third kappa shape index (κ3) is 6.14. The topological polar surface area (TPSA) is 46.6 Å². The summed E-state index contributed by atoms with van der Waals surface area (Å²) in [6.07, 6.45) is 1.66. The maximum Gasteiger partial charge on any atom is 0.293 e. The lowest BCUT2D eigenvalue weighted by Gasteiger charge is -2.12. The van der Waals surface area contributed by atoms with Crippen molar-refractivity contribution in [1.82, 2.24) is 4.90 Å². The van der Waals surface area contributed by atoms with Crippen LogP contribution in [0.2, 0.25) is 10.0 Å². The summed E-state index contributed by atoms with van der Waals surface area (Å²) >= 11 is 19.0. The number of carbonyl (C=O) groups excluding carboxylic acids is 2. The first-order valence-electron chi connectivity index (χ1n) is 9.66. The number of hydrogen-bond acceptors (Lipinski definition) is 4. The largest absolute Gasteiger partial charge is 0.486 e. The van der Waals surface area contributed by atoms with Gasteiger partial charge in [-0.1, -0.05) is 47.5 Å². The van der Waals surface area contributed by atoms with E-state index in [9.17, 15) is 9.59 Å². The van der Waals surface area contributed by atoms with Crippen molar-refractivity contribution >= 4 is 90.7 Å². The molecular formula is C24H15BrCl2INO3S. The monoisotopic (exact) mass is 673 g/mol. The van der Waals surface area contributed by atoms with Crippen molar-refractivity contribution in [1.29, 1.82) is 0 Å². The number of nitrogens with zero attached hydrogens (tertiary/aromatic N) is 1. The maximum atomic E-state index is 12.8. The third-order valence-corrected chi connectivity index (χ3v) is 7.49. The van der Waals surface area contributed by atoms with Gasteiger partial charge in [-0.05, 0) is 109 Å². The Kier molecular flexibility index (Phi) is 8.07. The first kappa shape index (κ1) is 24.6. The second-order valence-electron chi connectivity index (χ2n) is 7.12. The van der Waals surface area contributed by atoms with Crippen molar-refractivity contribution in [2.24, 2.45) is 0 Å². The minimum atomic E-state index is -0.341. The summed E-state index contributed by atoms with van der Waals surface area (Å²) in [7, 11) is 0. The lowest BCUT2D eigenvalue weighted by molar-refractivity contribution is -0.123. The summed E-state index contributed by atoms with van der Waals surface area (Å²) in [5.74, 6) is 0.175. The third-order valence-electron chi connectivity index (χ3n) is 4.74. The lowest BCUT2D eigenvalue weighted by Crippen LogP contribution is -2.27. The molecule has 168 valence electrons. The number of ether oxygens (including phenoxy) is 1. The van der Waals surface area contributed by atoms with Crippen LogP contribution in [0, 0.1) is 3.57 Å². The predicted molar refractivity (Wildman–Crippen MR) is 146 cm³/mol. The van der Waals surface area contributed by atoms with Crippen LogP contribution in [-0.2, 0) is 17.9 Å². The van der Waals surface area contributed by atoms with Gasteiger partial charge in [-0.3, -0.25) is 14.5 Å². The van der Waals surface area contributed by atoms with E-state index in [4.69, 9.17) is 27.9 Å². The summed E-state index contributed by atoms with van der Waals surface area (Å²) in [6, 6.07) is 18.6. The molecule has 1 heterocycles. The van der Waals surface area contributed by atoms with E-state index in [1.54, 1.807) is 36.4 Å². The summed E-state index contributed by atoms with van der Waals surface area (Å²) in [5.41, 5.74) is 2.53. The van der Waals surface area contributed by atoms with Gasteiger partial charge in [0.25, 0.3) is 11.1 Å². The molecule has 0 saturated carbocycles. The molecule has 4 nitrogen and oxygen atoms in total. The molecule has 4 rings (SSSR count). The molecule has 1 saturated heterocycles. The quantitative estimate of drug-likeness (QED) is 0.196. The highest BCUT2D eigenvalue weighted by Crippen LogP contribution is 2.38. The van der Waals surface area contributed by atoms with Crippen LogP contribution in [0.1, 0.15) is 16.7 Å². The standard InChI is InChI=1S/C24H15BrCl2INO3S/c25-19-9-16(10-20(27)22(19)32-13-15-3-7-18(28)8-4-15)11-21-23(30)29(24(31)33-21)12-14-1-5-17(26)6-2-14/h1-11H,12-13H2/b21-11+. The molecule has 2 amide bonds. The normalized spacial score (nSPS) is 14.9. The minimum Gasteiger partial charge on any atom is -0.486 e. The number of imide groups is 1. The highest BCUT2D eigenvalue weighted by Gasteiger charge is 2.35. The molecule has 0 atom stereocenters. The lowest BCUT2D eigenvalue weighted by atomic mass is 10.2. The second kappa shape index (κ2) is 10.8. The number of benzene rings is 3. The van der Waals surface area contributed by atoms with Crippen molar-refractivity contribution in [2.45, 2.75) is 13.2 Å². The molecule has 3 aromatic carbocycles. The Bertz CT molecular complexity index is 1230. The van der Waals surface area contributed by atoms with E-state index in [0.717, 1.165) is 26.5 Å². The van der Waals surface area contributed by atoms with Gasteiger partial charge in [0.15, 0.2) is 5.75 Å². The molecule has 3 aromatic rings. The van der Waals surface area contributed by atoms with Crippen molar-refractivity contribution in [2.75, 3.05) is 0 Å². The van der Waals surface area contributed by atoms with Gasteiger partial charge in [0, 0.05) is 8.59 Å². The van der Waals surface area contributed by atoms with Crippen LogP contribution in [-0.4, -0.2) is 16.0 Å². The van der Waals surface area contributed by atoms with Gasteiger partial charge in [-0.15, -0.1) is 0 Å². The molecule has 33 heavy (non-hydrogen) atoms. The molecule has 0 aromatic heterocycles. The maximum absolute atomic E-state index is 12.8. The number of carbonyl (C=O) groups is 2. The number of hydrogen-bond donors (Lipinski definition) is 0. The van der Waals surface area contributed by atoms with Crippen molar-refractivity contribution < 1.29 is 14.3 Å². The van der Waals surface area contributed by atoms with Crippen LogP contribution in [0.4, 0.5) is 4.79 Å². The van der Waals surface area contributed by atoms with E-state index >= 15 is 0 Å². The average molecular weight is 675 g/mol. The molecule has 1 aliphatic rings. The van der Waals surface area contributed by atoms with Crippen LogP contribution in [0.25, 0.3) is 6.08 Å². The zero-order chi connectivity index (χ0) is 23.5. The molecular weight excluding hydrogens is 660 g/mol. The number of halogens is 4. The minimum absolute atomic E-state index is 0.189. The van der Waals surface area contributed by atoms with Gasteiger partial charge in [-0.2, -0.15) is 0 Å². The van der Waals surface area contributed by atoms with Gasteiger partial charge in [0.05, 0.1) is 20.9 Å². The van der Waals surface area contributed by atoms with Crippen LogP contribution in [0.5, 0.6) is 5.75 Å². The highest BCUT2D eigenvalue weighted by molar-refractivity contribution is 14.1. The predicted octanol–water partition coefficient (Wildman–Crippen LogP) is 8.18. The van der Waals surface area contributed by atoms with E-state index in [2.05, 4.69) is 38.5 Å². The Morgan fingerprint density at radius 1 is 1.00 bits per heavy atom. The molecule has 1 aliphatic heterocycles. The molecule has 0 spiro atoms. The zero-order valence-electron chi connectivity index (χ0n) is 16.9. The van der Waals surface area contributed by atoms with Crippen LogP contribution in [0.15, 0.2) is 70.0 Å². The fraction of sp³-hybridized carbons (Fsp3) is 0.0833. The van der Waals surface area contributed by atoms with Crippen LogP contribution >= 0.6 is 73.5 Å². The Morgan fingerprint density at radius 3 is 2.33 bits per heavy atom. The van der Waals surface area contributed by atoms with Crippen LogP contribution in [0.3, 0.4) is 0 Å². The Balaban J connectivity index is 1.49. The zero-order valence-corrected chi connectivity index (χ0v) is 22.9. The molecule has 9 heteroatoms. The molecule has 0 aliphatic carbocycles. The molecule has 0 N–H and O–H groups in total. The Morgan fingerprint density at radius 2 is 1.67 bits per heavy atom. The molecule has 0 bridgehead atoms. The van der Waals surface area contributed by atoms with Crippen LogP contribution < -0.4 is 4.74 Å². The van der Waals surface area contributed by atoms with E-state index in [1.807, 2.05) is 30.3 Å². The van der Waals surface area contributed by atoms with Crippen molar-refractivity contribution in [3.8, 4) is 5.75 Å². The fourth-order valence-corrected chi connectivity index (χ4v) is 5.41. The van der Waals surface area contributed by atoms with Gasteiger partial charge < -0.3 is 4.74 Å². The summed E-state index contributed by atoms with van der Waals surface area (Å²) in [6.45, 7) is 0.563. The van der Waals surface area contributed by atoms with Gasteiger partial charge in [-0.25, -0.2) is 0 Å². The number of thioether (sulfide) groups is 1. The van der Waals surface area contributed by atoms with Gasteiger partial charge in [0.1, 0.15) is 6.61 Å². The van der Waals surface area contributed by atoms with Crippen molar-refractivity contribution in [3.05, 3.63) is 100 Å². The molecule has 0 unspecified atom stereocenters. The SMILES string of the molecule is O=C1S/C(=C/c2cc(Cl)c(OCc3ccc(I)cc3)c(Br)c2)C(=O)N1Cc1ccc(Cl)cc1. The average Bonchev–Trinajstić information content (AvgIpc) is 3.03. The summed E-state index contributed by atoms with van der Waals surface area (Å²) in [5, 5.41) is 0.687. The Hall–Kier alpha value is -1.52. The first-order chi connectivity index (χ1) is 15.8. The molecule has 0 radical (unpaired) electrons. The van der Waals surface area contributed by atoms with Crippen molar-refractivity contribution in [3.63, 3.8) is 0 Å². The fourth-order valence-electron chi connectivity index (χ4n) is 3.10. The number of rotatable bonds is 6. The smallest absolute Gasteiger partial charge is 0.293 e. The second-order valence-corrected chi connectivity index (χ2v) is 11.1. The van der Waals surface area contributed by atoms with Gasteiger partial charge in [0.2, 0.25) is 0 Å². The Labute approximate surface area is 227 Å². The van der Waals surface area contributed by atoms with E-state index < -0.39 is 0 Å². The van der Waals surface area contributed by atoms with Gasteiger partial charge >= 0.3 is 0 Å². The summed E-state index contributed by atoms with van der Waals surface area (Å²) in [4.78, 5) is 26.8. The van der Waals surface area contributed by atoms with E-state index in [0.29, 0.717) is 37.3 Å². The highest BCUT2D eigenvalue weighted by atomic mass is 127. The molecule has 1 fully saturated rings. The van der Waals surface area contributed by atoms with E-state index in [1.165, 1.54) is 4.90 Å².